The van der Waals surface area contributed by atoms with Gasteiger partial charge in [0, 0.05) is 32.1 Å². The molecule has 1 fully saturated rings. The van der Waals surface area contributed by atoms with Crippen LogP contribution in [0.15, 0.2) is 6.20 Å². The van der Waals surface area contributed by atoms with Crippen molar-refractivity contribution < 1.29 is 9.59 Å². The average molecular weight is 310 g/mol. The Balaban J connectivity index is 1.98. The van der Waals surface area contributed by atoms with Crippen molar-refractivity contribution in [3.8, 4) is 0 Å². The molecule has 7 heteroatoms. The number of aryl methyl sites for hydroxylation is 1. The minimum absolute atomic E-state index is 0.0263. The van der Waals surface area contributed by atoms with Gasteiger partial charge in [0.25, 0.3) is 5.91 Å². The number of carbonyl (C=O) groups is 2. The number of hydrogen-bond donors (Lipinski definition) is 2. The molecule has 1 atom stereocenters. The van der Waals surface area contributed by atoms with Crippen LogP contribution in [0.25, 0.3) is 0 Å². The highest BCUT2D eigenvalue weighted by Crippen LogP contribution is 2.22. The second kappa shape index (κ2) is 7.51. The number of amides is 2. The minimum atomic E-state index is -0.0518. The number of hydrogen-bond acceptors (Lipinski definition) is 5. The molecular weight excluding hydrogens is 288 g/mol. The Kier molecular flexibility index (Phi) is 5.69. The summed E-state index contributed by atoms with van der Waals surface area (Å²) in [5.41, 5.74) is 5.36. The topological polar surface area (TPSA) is 88.3 Å². The van der Waals surface area contributed by atoms with Gasteiger partial charge < -0.3 is 16.0 Å². The van der Waals surface area contributed by atoms with Crippen molar-refractivity contribution in [3.05, 3.63) is 16.1 Å². The van der Waals surface area contributed by atoms with E-state index >= 15 is 0 Å². The number of nitrogens with one attached hydrogen (secondary N) is 1. The summed E-state index contributed by atoms with van der Waals surface area (Å²) in [6.07, 6.45) is 4.99. The van der Waals surface area contributed by atoms with Crippen molar-refractivity contribution in [1.29, 1.82) is 0 Å². The summed E-state index contributed by atoms with van der Waals surface area (Å²) in [6, 6.07) is 0.0652. The molecule has 1 aromatic heterocycles. The van der Waals surface area contributed by atoms with Gasteiger partial charge in [-0.3, -0.25) is 9.59 Å². The van der Waals surface area contributed by atoms with E-state index in [1.807, 2.05) is 11.8 Å². The van der Waals surface area contributed by atoms with Crippen LogP contribution in [0.3, 0.4) is 0 Å². The Morgan fingerprint density at radius 3 is 3.00 bits per heavy atom. The molecule has 1 aliphatic rings. The maximum absolute atomic E-state index is 12.6. The fourth-order valence-electron chi connectivity index (χ4n) is 2.53. The number of nitrogens with zero attached hydrogens (tertiary/aromatic N) is 2. The molecule has 0 aromatic carbocycles. The zero-order valence-electron chi connectivity index (χ0n) is 12.3. The summed E-state index contributed by atoms with van der Waals surface area (Å²) in [6.45, 7) is 3.48. The molecule has 2 rings (SSSR count). The smallest absolute Gasteiger partial charge is 0.265 e. The van der Waals surface area contributed by atoms with Crippen LogP contribution in [0.2, 0.25) is 0 Å². The molecule has 0 bridgehead atoms. The largest absolute Gasteiger partial charge is 0.354 e. The molecule has 21 heavy (non-hydrogen) atoms. The molecule has 6 nitrogen and oxygen atoms in total. The van der Waals surface area contributed by atoms with Crippen molar-refractivity contribution in [2.24, 2.45) is 5.73 Å². The Labute approximate surface area is 128 Å². The molecule has 3 N–H and O–H groups in total. The van der Waals surface area contributed by atoms with E-state index in [-0.39, 0.29) is 17.9 Å². The Bertz CT molecular complexity index is 503. The van der Waals surface area contributed by atoms with Gasteiger partial charge in [0.2, 0.25) is 5.91 Å². The van der Waals surface area contributed by atoms with Gasteiger partial charge in [-0.25, -0.2) is 4.98 Å². The first kappa shape index (κ1) is 15.9. The van der Waals surface area contributed by atoms with Crippen molar-refractivity contribution in [2.75, 3.05) is 19.6 Å². The minimum Gasteiger partial charge on any atom is -0.354 e. The van der Waals surface area contributed by atoms with E-state index in [9.17, 15) is 9.59 Å². The van der Waals surface area contributed by atoms with Gasteiger partial charge in [0.15, 0.2) is 0 Å². The molecule has 0 spiro atoms. The maximum atomic E-state index is 12.6. The van der Waals surface area contributed by atoms with Crippen molar-refractivity contribution in [1.82, 2.24) is 15.2 Å². The summed E-state index contributed by atoms with van der Waals surface area (Å²) in [5.74, 6) is -0.0255. The lowest BCUT2D eigenvalue weighted by Gasteiger charge is -2.35. The van der Waals surface area contributed by atoms with Gasteiger partial charge in [-0.15, -0.1) is 11.3 Å². The SMILES string of the molecule is Cc1ncc(C(=O)N2CCCCC2CNC(=O)CCN)s1. The van der Waals surface area contributed by atoms with Crippen LogP contribution in [0.4, 0.5) is 0 Å². The number of carbonyl (C=O) groups excluding carboxylic acids is 2. The predicted octanol–water partition coefficient (Wildman–Crippen LogP) is 0.911. The number of rotatable bonds is 5. The average Bonchev–Trinajstić information content (AvgIpc) is 2.91. The normalized spacial score (nSPS) is 18.6. The highest BCUT2D eigenvalue weighted by molar-refractivity contribution is 7.13. The second-order valence-electron chi connectivity index (χ2n) is 5.23. The van der Waals surface area contributed by atoms with E-state index in [1.165, 1.54) is 11.3 Å². The van der Waals surface area contributed by atoms with Crippen LogP contribution in [-0.4, -0.2) is 47.4 Å². The first-order valence-electron chi connectivity index (χ1n) is 7.32. The third-order valence-corrected chi connectivity index (χ3v) is 4.53. The summed E-state index contributed by atoms with van der Waals surface area (Å²) in [4.78, 5) is 30.8. The summed E-state index contributed by atoms with van der Waals surface area (Å²) in [5, 5.41) is 3.76. The first-order valence-corrected chi connectivity index (χ1v) is 8.13. The fourth-order valence-corrected chi connectivity index (χ4v) is 3.27. The lowest BCUT2D eigenvalue weighted by molar-refractivity contribution is -0.121. The van der Waals surface area contributed by atoms with Crippen LogP contribution in [0, 0.1) is 6.92 Å². The van der Waals surface area contributed by atoms with Gasteiger partial charge in [0.1, 0.15) is 4.88 Å². The predicted molar refractivity (Wildman–Crippen MR) is 82.2 cm³/mol. The maximum Gasteiger partial charge on any atom is 0.265 e. The van der Waals surface area contributed by atoms with E-state index < -0.39 is 0 Å². The lowest BCUT2D eigenvalue weighted by Crippen LogP contribution is -2.49. The zero-order valence-corrected chi connectivity index (χ0v) is 13.1. The van der Waals surface area contributed by atoms with E-state index in [1.54, 1.807) is 6.20 Å². The number of thiazole rings is 1. The number of nitrogens with two attached hydrogens (primary N) is 1. The van der Waals surface area contributed by atoms with E-state index in [4.69, 9.17) is 5.73 Å². The molecule has 1 unspecified atom stereocenters. The highest BCUT2D eigenvalue weighted by atomic mass is 32.1. The first-order chi connectivity index (χ1) is 10.1. The Hall–Kier alpha value is -1.47. The van der Waals surface area contributed by atoms with E-state index in [2.05, 4.69) is 10.3 Å². The van der Waals surface area contributed by atoms with Gasteiger partial charge in [-0.05, 0) is 26.2 Å². The summed E-state index contributed by atoms with van der Waals surface area (Å²) in [7, 11) is 0. The fraction of sp³-hybridized carbons (Fsp3) is 0.643. The molecule has 1 aromatic rings. The van der Waals surface area contributed by atoms with Crippen LogP contribution in [-0.2, 0) is 4.79 Å². The van der Waals surface area contributed by atoms with Crippen molar-refractivity contribution in [2.45, 2.75) is 38.6 Å². The van der Waals surface area contributed by atoms with Crippen LogP contribution in [0.5, 0.6) is 0 Å². The number of piperidine rings is 1. The summed E-state index contributed by atoms with van der Waals surface area (Å²) >= 11 is 1.42. The summed E-state index contributed by atoms with van der Waals surface area (Å²) < 4.78 is 0. The molecule has 0 radical (unpaired) electrons. The van der Waals surface area contributed by atoms with Crippen LogP contribution >= 0.6 is 11.3 Å². The molecule has 1 saturated heterocycles. The van der Waals surface area contributed by atoms with Gasteiger partial charge >= 0.3 is 0 Å². The van der Waals surface area contributed by atoms with Crippen molar-refractivity contribution >= 4 is 23.2 Å². The van der Waals surface area contributed by atoms with Gasteiger partial charge in [-0.1, -0.05) is 0 Å². The number of likely N-dealkylation sites (tertiary alicyclic amines) is 1. The van der Waals surface area contributed by atoms with Gasteiger partial charge in [-0.2, -0.15) is 0 Å². The molecule has 2 amide bonds. The van der Waals surface area contributed by atoms with Crippen LogP contribution in [0.1, 0.15) is 40.4 Å². The quantitative estimate of drug-likeness (QED) is 0.846. The molecule has 0 saturated carbocycles. The van der Waals surface area contributed by atoms with Crippen molar-refractivity contribution in [3.63, 3.8) is 0 Å². The van der Waals surface area contributed by atoms with Crippen LogP contribution < -0.4 is 11.1 Å². The highest BCUT2D eigenvalue weighted by Gasteiger charge is 2.28. The Morgan fingerprint density at radius 1 is 1.52 bits per heavy atom. The molecule has 0 aliphatic carbocycles. The molecular formula is C14H22N4O2S. The third-order valence-electron chi connectivity index (χ3n) is 3.63. The lowest BCUT2D eigenvalue weighted by atomic mass is 10.0. The molecule has 2 heterocycles. The van der Waals surface area contributed by atoms with Gasteiger partial charge in [0.05, 0.1) is 11.2 Å². The van der Waals surface area contributed by atoms with E-state index in [0.717, 1.165) is 30.8 Å². The second-order valence-corrected chi connectivity index (χ2v) is 6.47. The molecule has 116 valence electrons. The third kappa shape index (κ3) is 4.25. The standard InChI is InChI=1S/C14H22N4O2S/c1-10-16-9-12(21-10)14(20)18-7-3-2-4-11(18)8-17-13(19)5-6-15/h9,11H,2-8,15H2,1H3,(H,17,19). The zero-order chi connectivity index (χ0) is 15.2. The number of aromatic nitrogens is 1. The molecule has 1 aliphatic heterocycles. The Morgan fingerprint density at radius 2 is 2.33 bits per heavy atom. The monoisotopic (exact) mass is 310 g/mol. The van der Waals surface area contributed by atoms with E-state index in [0.29, 0.717) is 24.4 Å².